The lowest BCUT2D eigenvalue weighted by atomic mass is 10.0. The number of ether oxygens (including phenoxy) is 1. The number of pyridine rings is 1. The third-order valence-electron chi connectivity index (χ3n) is 7.27. The minimum atomic E-state index is 0.758. The number of benzene rings is 2. The van der Waals surface area contributed by atoms with Crippen molar-refractivity contribution in [1.29, 1.82) is 0 Å². The molecule has 1 aliphatic rings. The van der Waals surface area contributed by atoms with E-state index in [2.05, 4.69) is 57.1 Å². The number of likely N-dealkylation sites (tertiary alicyclic amines) is 1. The zero-order chi connectivity index (χ0) is 24.6. The Balaban J connectivity index is 1.55. The quantitative estimate of drug-likeness (QED) is 0.301. The molecule has 0 aliphatic carbocycles. The van der Waals surface area contributed by atoms with E-state index in [1.807, 2.05) is 20.0 Å². The second-order valence-electron chi connectivity index (χ2n) is 9.70. The first-order valence-corrected chi connectivity index (χ1v) is 12.7. The van der Waals surface area contributed by atoms with Crippen LogP contribution >= 0.6 is 0 Å². The first-order valence-electron chi connectivity index (χ1n) is 12.7. The molecule has 0 radical (unpaired) electrons. The number of nitrogens with zero attached hydrogens (tertiary/aromatic N) is 5. The van der Waals surface area contributed by atoms with Gasteiger partial charge in [0.15, 0.2) is 0 Å². The Bertz CT molecular complexity index is 1510. The summed E-state index contributed by atoms with van der Waals surface area (Å²) in [7, 11) is 1.71. The number of aryl methyl sites for hydroxylation is 2. The van der Waals surface area contributed by atoms with Gasteiger partial charge >= 0.3 is 0 Å². The van der Waals surface area contributed by atoms with Gasteiger partial charge in [-0.2, -0.15) is 0 Å². The molecule has 5 aromatic rings. The fourth-order valence-electron chi connectivity index (χ4n) is 5.49. The number of methoxy groups -OCH3 is 1. The molecule has 1 saturated heterocycles. The van der Waals surface area contributed by atoms with Gasteiger partial charge in [-0.05, 0) is 57.5 Å². The van der Waals surface area contributed by atoms with Gasteiger partial charge in [-0.1, -0.05) is 41.9 Å². The molecule has 0 saturated carbocycles. The van der Waals surface area contributed by atoms with Crippen molar-refractivity contribution in [3.05, 3.63) is 71.5 Å². The minimum absolute atomic E-state index is 0.758. The molecule has 7 nitrogen and oxygen atoms in total. The van der Waals surface area contributed by atoms with Gasteiger partial charge in [0.1, 0.15) is 22.9 Å². The summed E-state index contributed by atoms with van der Waals surface area (Å²) in [4.78, 5) is 12.5. The van der Waals surface area contributed by atoms with E-state index in [0.29, 0.717) is 0 Å². The van der Waals surface area contributed by atoms with Crippen molar-refractivity contribution >= 4 is 21.9 Å². The maximum atomic E-state index is 5.89. The molecule has 4 heterocycles. The number of aromatic nitrogens is 4. The predicted molar refractivity (Wildman–Crippen MR) is 141 cm³/mol. The Morgan fingerprint density at radius 1 is 0.972 bits per heavy atom. The first kappa shape index (κ1) is 22.7. The molecule has 0 spiro atoms. The van der Waals surface area contributed by atoms with E-state index in [4.69, 9.17) is 19.2 Å². The third kappa shape index (κ3) is 4.03. The summed E-state index contributed by atoms with van der Waals surface area (Å²) in [5.74, 6) is 2.62. The fourth-order valence-corrected chi connectivity index (χ4v) is 5.49. The van der Waals surface area contributed by atoms with Gasteiger partial charge in [0.05, 0.1) is 42.1 Å². The van der Waals surface area contributed by atoms with Crippen molar-refractivity contribution in [2.45, 2.75) is 46.2 Å². The van der Waals surface area contributed by atoms with Crippen molar-refractivity contribution in [3.63, 3.8) is 0 Å². The van der Waals surface area contributed by atoms with Crippen LogP contribution in [0.25, 0.3) is 33.1 Å². The number of rotatable bonds is 6. The van der Waals surface area contributed by atoms with Crippen LogP contribution in [0.15, 0.2) is 53.2 Å². The van der Waals surface area contributed by atoms with E-state index in [1.165, 1.54) is 24.8 Å². The molecular formula is C29H31N5O2. The van der Waals surface area contributed by atoms with Crippen LogP contribution in [0.4, 0.5) is 0 Å². The summed E-state index contributed by atoms with van der Waals surface area (Å²) in [6.07, 6.45) is 5.73. The maximum Gasteiger partial charge on any atom is 0.141 e. The van der Waals surface area contributed by atoms with E-state index in [9.17, 15) is 0 Å². The number of hydrogen-bond donors (Lipinski definition) is 0. The summed E-state index contributed by atoms with van der Waals surface area (Å²) in [6.45, 7) is 7.74. The Hall–Kier alpha value is -3.71. The monoisotopic (exact) mass is 481 g/mol. The van der Waals surface area contributed by atoms with E-state index < -0.39 is 0 Å². The molecule has 0 atom stereocenters. The van der Waals surface area contributed by atoms with Crippen molar-refractivity contribution in [2.24, 2.45) is 0 Å². The summed E-state index contributed by atoms with van der Waals surface area (Å²) >= 11 is 0. The van der Waals surface area contributed by atoms with E-state index in [-0.39, 0.29) is 0 Å². The molecule has 0 N–H and O–H groups in total. The van der Waals surface area contributed by atoms with Crippen LogP contribution in [0.2, 0.25) is 0 Å². The van der Waals surface area contributed by atoms with E-state index in [1.54, 1.807) is 7.11 Å². The van der Waals surface area contributed by atoms with Crippen LogP contribution in [-0.4, -0.2) is 44.8 Å². The molecule has 2 aromatic carbocycles. The number of piperidine rings is 1. The van der Waals surface area contributed by atoms with Crippen molar-refractivity contribution in [1.82, 2.24) is 24.6 Å². The summed E-state index contributed by atoms with van der Waals surface area (Å²) in [5, 5.41) is 5.18. The molecule has 1 fully saturated rings. The lowest BCUT2D eigenvalue weighted by molar-refractivity contribution is 0.214. The Kier molecular flexibility index (Phi) is 5.93. The number of hydrogen-bond acceptors (Lipinski definition) is 6. The lowest BCUT2D eigenvalue weighted by Crippen LogP contribution is -2.30. The SMILES string of the molecule is COc1cc2c(cc1-c1c(C)noc1C)ncc1nc(CN3CCCCC3)n(Cc3ccccc3)c12. The molecule has 7 heteroatoms. The molecule has 1 aliphatic heterocycles. The summed E-state index contributed by atoms with van der Waals surface area (Å²) in [5.41, 5.74) is 6.90. The average Bonchev–Trinajstić information content (AvgIpc) is 3.42. The van der Waals surface area contributed by atoms with Crippen LogP contribution in [0.5, 0.6) is 5.75 Å². The highest BCUT2D eigenvalue weighted by atomic mass is 16.5. The summed E-state index contributed by atoms with van der Waals surface area (Å²) in [6, 6.07) is 14.8. The second-order valence-corrected chi connectivity index (χ2v) is 9.70. The Morgan fingerprint density at radius 2 is 1.78 bits per heavy atom. The van der Waals surface area contributed by atoms with Crippen LogP contribution < -0.4 is 4.74 Å². The molecule has 36 heavy (non-hydrogen) atoms. The molecular weight excluding hydrogens is 450 g/mol. The topological polar surface area (TPSA) is 69.2 Å². The molecule has 6 rings (SSSR count). The highest BCUT2D eigenvalue weighted by molar-refractivity contribution is 6.05. The standard InChI is InChI=1S/C29H31N5O2/c1-19-28(20(2)36-32-19)23-14-24-22(15-26(23)35-3)29-25(16-30-24)31-27(18-33-12-8-5-9-13-33)34(29)17-21-10-6-4-7-11-21/h4,6-7,10-11,14-16H,5,8-9,12-13,17-18H2,1-3H3. The molecule has 0 amide bonds. The van der Waals surface area contributed by atoms with Gasteiger partial charge in [-0.25, -0.2) is 4.98 Å². The zero-order valence-electron chi connectivity index (χ0n) is 21.1. The third-order valence-corrected chi connectivity index (χ3v) is 7.27. The van der Waals surface area contributed by atoms with Gasteiger partial charge in [0.25, 0.3) is 0 Å². The maximum absolute atomic E-state index is 5.89. The van der Waals surface area contributed by atoms with Crippen molar-refractivity contribution < 1.29 is 9.26 Å². The minimum Gasteiger partial charge on any atom is -0.496 e. The van der Waals surface area contributed by atoms with Gasteiger partial charge in [0.2, 0.25) is 0 Å². The molecule has 184 valence electrons. The lowest BCUT2D eigenvalue weighted by Gasteiger charge is -2.26. The summed E-state index contributed by atoms with van der Waals surface area (Å²) < 4.78 is 13.7. The normalized spacial score (nSPS) is 14.6. The van der Waals surface area contributed by atoms with Crippen LogP contribution in [0.1, 0.15) is 42.1 Å². The predicted octanol–water partition coefficient (Wildman–Crippen LogP) is 5.90. The van der Waals surface area contributed by atoms with Crippen LogP contribution in [0.3, 0.4) is 0 Å². The van der Waals surface area contributed by atoms with Crippen LogP contribution in [0, 0.1) is 13.8 Å². The van der Waals surface area contributed by atoms with E-state index in [0.717, 1.165) is 82.3 Å². The second kappa shape index (κ2) is 9.39. The van der Waals surface area contributed by atoms with Crippen molar-refractivity contribution in [2.75, 3.05) is 20.2 Å². The molecule has 0 unspecified atom stereocenters. The Morgan fingerprint density at radius 3 is 2.50 bits per heavy atom. The number of imidazole rings is 1. The van der Waals surface area contributed by atoms with Gasteiger partial charge in [-0.15, -0.1) is 0 Å². The zero-order valence-corrected chi connectivity index (χ0v) is 21.1. The van der Waals surface area contributed by atoms with Gasteiger partial charge < -0.3 is 13.8 Å². The van der Waals surface area contributed by atoms with Crippen molar-refractivity contribution in [3.8, 4) is 16.9 Å². The average molecular weight is 482 g/mol. The highest BCUT2D eigenvalue weighted by Crippen LogP contribution is 2.39. The first-order chi connectivity index (χ1) is 17.6. The molecule has 0 bridgehead atoms. The van der Waals surface area contributed by atoms with Gasteiger partial charge in [0, 0.05) is 17.5 Å². The van der Waals surface area contributed by atoms with Gasteiger partial charge in [-0.3, -0.25) is 9.88 Å². The fraction of sp³-hybridized carbons (Fsp3) is 0.345. The Labute approximate surface area is 210 Å². The smallest absolute Gasteiger partial charge is 0.141 e. The number of fused-ring (bicyclic) bond motifs is 3. The van der Waals surface area contributed by atoms with E-state index >= 15 is 0 Å². The molecule has 3 aromatic heterocycles. The highest BCUT2D eigenvalue weighted by Gasteiger charge is 2.22. The largest absolute Gasteiger partial charge is 0.496 e. The van der Waals surface area contributed by atoms with Crippen LogP contribution in [-0.2, 0) is 13.1 Å².